The number of ether oxygens (including phenoxy) is 2. The minimum Gasteiger partial charge on any atom is -0.452 e. The van der Waals surface area contributed by atoms with Crippen molar-refractivity contribution in [3.05, 3.63) is 71.8 Å². The number of esters is 2. The number of rotatable bonds is 9. The monoisotopic (exact) mass is 464 g/mol. The van der Waals surface area contributed by atoms with Crippen LogP contribution in [-0.4, -0.2) is 60.0 Å². The van der Waals surface area contributed by atoms with Crippen molar-refractivity contribution < 1.29 is 19.1 Å². The predicted molar refractivity (Wildman–Crippen MR) is 131 cm³/mol. The third-order valence-electron chi connectivity index (χ3n) is 7.10. The van der Waals surface area contributed by atoms with Crippen LogP contribution in [0.15, 0.2) is 60.7 Å². The molecule has 0 aromatic heterocycles. The maximum absolute atomic E-state index is 13.4. The topological polar surface area (TPSA) is 59.1 Å². The molecule has 2 aliphatic heterocycles. The van der Waals surface area contributed by atoms with Gasteiger partial charge in [-0.1, -0.05) is 74.5 Å². The first kappa shape index (κ1) is 24.4. The first-order chi connectivity index (χ1) is 16.6. The SMILES string of the molecule is CCN1CCC[C@H]1C(=O)O[C@@H](c1ccccc1)[C@@H](OC(=O)[C@@H]1CCCN1CC)c1ccccc1. The Hall–Kier alpha value is -2.70. The Balaban J connectivity index is 1.65. The van der Waals surface area contributed by atoms with Crippen LogP contribution in [0.2, 0.25) is 0 Å². The summed E-state index contributed by atoms with van der Waals surface area (Å²) >= 11 is 0. The van der Waals surface area contributed by atoms with Crippen LogP contribution in [0.25, 0.3) is 0 Å². The van der Waals surface area contributed by atoms with E-state index in [-0.39, 0.29) is 24.0 Å². The molecule has 0 unspecified atom stereocenters. The van der Waals surface area contributed by atoms with E-state index in [0.717, 1.165) is 63.0 Å². The van der Waals surface area contributed by atoms with Gasteiger partial charge in [0.25, 0.3) is 0 Å². The number of carbonyl (C=O) groups is 2. The van der Waals surface area contributed by atoms with Gasteiger partial charge in [0.15, 0.2) is 12.2 Å². The molecule has 6 nitrogen and oxygen atoms in total. The summed E-state index contributed by atoms with van der Waals surface area (Å²) in [6, 6.07) is 18.8. The fourth-order valence-electron chi connectivity index (χ4n) is 5.25. The number of hydrogen-bond acceptors (Lipinski definition) is 6. The molecule has 0 saturated carbocycles. The van der Waals surface area contributed by atoms with Gasteiger partial charge in [-0.2, -0.15) is 0 Å². The molecule has 0 N–H and O–H groups in total. The summed E-state index contributed by atoms with van der Waals surface area (Å²) in [5, 5.41) is 0. The Kier molecular flexibility index (Phi) is 8.35. The van der Waals surface area contributed by atoms with Crippen molar-refractivity contribution in [3.8, 4) is 0 Å². The van der Waals surface area contributed by atoms with Crippen LogP contribution in [0.4, 0.5) is 0 Å². The zero-order valence-electron chi connectivity index (χ0n) is 20.3. The molecule has 0 spiro atoms. The number of benzene rings is 2. The van der Waals surface area contributed by atoms with Crippen molar-refractivity contribution in [2.24, 2.45) is 0 Å². The Morgan fingerprint density at radius 2 is 1.12 bits per heavy atom. The Morgan fingerprint density at radius 1 is 0.735 bits per heavy atom. The van der Waals surface area contributed by atoms with E-state index in [0.29, 0.717) is 0 Å². The van der Waals surface area contributed by atoms with Crippen LogP contribution in [-0.2, 0) is 19.1 Å². The van der Waals surface area contributed by atoms with Gasteiger partial charge in [-0.25, -0.2) is 0 Å². The highest BCUT2D eigenvalue weighted by Crippen LogP contribution is 2.37. The molecule has 2 saturated heterocycles. The summed E-state index contributed by atoms with van der Waals surface area (Å²) in [4.78, 5) is 31.0. The quantitative estimate of drug-likeness (QED) is 0.509. The number of likely N-dealkylation sites (N-methyl/N-ethyl adjacent to an activating group) is 2. The van der Waals surface area contributed by atoms with Crippen molar-refractivity contribution in [3.63, 3.8) is 0 Å². The van der Waals surface area contributed by atoms with Crippen molar-refractivity contribution in [2.75, 3.05) is 26.2 Å². The van der Waals surface area contributed by atoms with Crippen LogP contribution in [0.3, 0.4) is 0 Å². The third kappa shape index (κ3) is 5.50. The molecule has 4 rings (SSSR count). The molecule has 0 radical (unpaired) electrons. The second-order valence-electron chi connectivity index (χ2n) is 9.11. The Bertz CT molecular complexity index is 858. The lowest BCUT2D eigenvalue weighted by molar-refractivity contribution is -0.175. The van der Waals surface area contributed by atoms with Crippen molar-refractivity contribution in [2.45, 2.75) is 63.8 Å². The Labute approximate surface area is 202 Å². The second-order valence-corrected chi connectivity index (χ2v) is 9.11. The molecule has 0 bridgehead atoms. The molecular weight excluding hydrogens is 428 g/mol. The highest BCUT2D eigenvalue weighted by Gasteiger charge is 2.39. The summed E-state index contributed by atoms with van der Waals surface area (Å²) in [6.07, 6.45) is 2.09. The number of carbonyl (C=O) groups excluding carboxylic acids is 2. The van der Waals surface area contributed by atoms with E-state index in [1.807, 2.05) is 60.7 Å². The summed E-state index contributed by atoms with van der Waals surface area (Å²) in [6.45, 7) is 7.55. The minimum atomic E-state index is -0.726. The van der Waals surface area contributed by atoms with Gasteiger partial charge >= 0.3 is 11.9 Å². The molecule has 2 fully saturated rings. The van der Waals surface area contributed by atoms with E-state index in [2.05, 4.69) is 23.6 Å². The highest BCUT2D eigenvalue weighted by atomic mass is 16.6. The van der Waals surface area contributed by atoms with Crippen LogP contribution in [0.5, 0.6) is 0 Å². The van der Waals surface area contributed by atoms with Crippen molar-refractivity contribution in [1.29, 1.82) is 0 Å². The Morgan fingerprint density at radius 3 is 1.47 bits per heavy atom. The molecule has 0 amide bonds. The second kappa shape index (κ2) is 11.6. The fraction of sp³-hybridized carbons (Fsp3) is 0.500. The lowest BCUT2D eigenvalue weighted by Crippen LogP contribution is -2.40. The maximum atomic E-state index is 13.4. The lowest BCUT2D eigenvalue weighted by atomic mass is 9.97. The van der Waals surface area contributed by atoms with E-state index >= 15 is 0 Å². The van der Waals surface area contributed by atoms with E-state index in [1.54, 1.807) is 0 Å². The summed E-state index contributed by atoms with van der Waals surface area (Å²) in [5.74, 6) is -0.498. The van der Waals surface area contributed by atoms with Crippen molar-refractivity contribution in [1.82, 2.24) is 9.80 Å². The zero-order valence-corrected chi connectivity index (χ0v) is 20.3. The maximum Gasteiger partial charge on any atom is 0.324 e. The molecule has 34 heavy (non-hydrogen) atoms. The molecule has 2 heterocycles. The summed E-state index contributed by atoms with van der Waals surface area (Å²) in [7, 11) is 0. The predicted octanol–water partition coefficient (Wildman–Crippen LogP) is 4.52. The number of likely N-dealkylation sites (tertiary alicyclic amines) is 2. The smallest absolute Gasteiger partial charge is 0.324 e. The minimum absolute atomic E-state index is 0.249. The fourth-order valence-corrected chi connectivity index (χ4v) is 5.25. The van der Waals surface area contributed by atoms with E-state index < -0.39 is 12.2 Å². The average Bonchev–Trinajstić information content (AvgIpc) is 3.56. The average molecular weight is 465 g/mol. The van der Waals surface area contributed by atoms with Gasteiger partial charge in [-0.3, -0.25) is 19.4 Å². The van der Waals surface area contributed by atoms with Crippen LogP contribution < -0.4 is 0 Å². The summed E-state index contributed by atoms with van der Waals surface area (Å²) in [5.41, 5.74) is 1.63. The number of nitrogens with zero attached hydrogens (tertiary/aromatic N) is 2. The summed E-state index contributed by atoms with van der Waals surface area (Å²) < 4.78 is 12.4. The molecule has 2 aromatic carbocycles. The molecule has 4 atom stereocenters. The first-order valence-corrected chi connectivity index (χ1v) is 12.6. The van der Waals surface area contributed by atoms with Crippen molar-refractivity contribution >= 4 is 11.9 Å². The lowest BCUT2D eigenvalue weighted by Gasteiger charge is -2.31. The van der Waals surface area contributed by atoms with Gasteiger partial charge in [0, 0.05) is 0 Å². The molecular formula is C28H36N2O4. The van der Waals surface area contributed by atoms with Gasteiger partial charge in [-0.05, 0) is 63.0 Å². The van der Waals surface area contributed by atoms with Gasteiger partial charge in [0.1, 0.15) is 12.1 Å². The molecule has 0 aliphatic carbocycles. The molecule has 2 aromatic rings. The standard InChI is InChI=1S/C28H36N2O4/c1-3-29-19-11-17-23(29)27(31)33-25(21-13-7-5-8-14-21)26(22-15-9-6-10-16-22)34-28(32)24-18-12-20-30(24)4-2/h5-10,13-16,23-26H,3-4,11-12,17-20H2,1-2H3/t23-,24-,25-,26-/m0/s1. The van der Waals surface area contributed by atoms with Crippen LogP contribution >= 0.6 is 0 Å². The van der Waals surface area contributed by atoms with Crippen LogP contribution in [0, 0.1) is 0 Å². The highest BCUT2D eigenvalue weighted by molar-refractivity contribution is 5.77. The van der Waals surface area contributed by atoms with Gasteiger partial charge < -0.3 is 9.47 Å². The van der Waals surface area contributed by atoms with Gasteiger partial charge in [-0.15, -0.1) is 0 Å². The van der Waals surface area contributed by atoms with Gasteiger partial charge in [0.2, 0.25) is 0 Å². The van der Waals surface area contributed by atoms with Gasteiger partial charge in [0.05, 0.1) is 0 Å². The third-order valence-corrected chi connectivity index (χ3v) is 7.10. The van der Waals surface area contributed by atoms with Crippen LogP contribution in [0.1, 0.15) is 62.9 Å². The largest absolute Gasteiger partial charge is 0.452 e. The van der Waals surface area contributed by atoms with E-state index in [1.165, 1.54) is 0 Å². The first-order valence-electron chi connectivity index (χ1n) is 12.6. The van der Waals surface area contributed by atoms with E-state index in [4.69, 9.17) is 9.47 Å². The normalized spacial score (nSPS) is 22.9. The molecule has 6 heteroatoms. The molecule has 2 aliphatic rings. The number of hydrogen-bond donors (Lipinski definition) is 0. The molecule has 182 valence electrons. The zero-order chi connectivity index (χ0) is 23.9. The van der Waals surface area contributed by atoms with E-state index in [9.17, 15) is 9.59 Å².